The molecule has 2 aromatic carbocycles. The number of hydrogen-bond acceptors (Lipinski definition) is 5. The Labute approximate surface area is 144 Å². The van der Waals surface area contributed by atoms with Crippen LogP contribution in [0.2, 0.25) is 0 Å². The van der Waals surface area contributed by atoms with Crippen molar-refractivity contribution in [1.82, 2.24) is 0 Å². The molecular formula is C19H18O6. The highest BCUT2D eigenvalue weighted by atomic mass is 16.5. The second-order valence-electron chi connectivity index (χ2n) is 6.02. The van der Waals surface area contributed by atoms with Crippen LogP contribution >= 0.6 is 0 Å². The molecule has 2 rings (SSSR count). The predicted molar refractivity (Wildman–Crippen MR) is 89.6 cm³/mol. The van der Waals surface area contributed by atoms with E-state index in [-0.39, 0.29) is 17.7 Å². The number of carboxylic acid groups (broad SMARTS) is 1. The summed E-state index contributed by atoms with van der Waals surface area (Å²) in [6, 6.07) is 12.1. The Kier molecular flexibility index (Phi) is 5.34. The van der Waals surface area contributed by atoms with Gasteiger partial charge in [-0.2, -0.15) is 0 Å². The first-order chi connectivity index (χ1) is 11.7. The third-order valence-corrected chi connectivity index (χ3v) is 3.49. The van der Waals surface area contributed by atoms with Crippen molar-refractivity contribution in [2.24, 2.45) is 0 Å². The smallest absolute Gasteiger partial charge is 0.339 e. The van der Waals surface area contributed by atoms with Gasteiger partial charge in [-0.3, -0.25) is 4.79 Å². The molecule has 0 atom stereocenters. The molecule has 6 nitrogen and oxygen atoms in total. The molecule has 0 saturated heterocycles. The molecule has 0 aliphatic rings. The van der Waals surface area contributed by atoms with E-state index in [0.29, 0.717) is 11.1 Å². The van der Waals surface area contributed by atoms with Crippen molar-refractivity contribution >= 4 is 17.7 Å². The van der Waals surface area contributed by atoms with E-state index in [1.54, 1.807) is 24.3 Å². The molecule has 0 aromatic heterocycles. The van der Waals surface area contributed by atoms with Crippen molar-refractivity contribution in [1.29, 1.82) is 0 Å². The molecule has 0 spiro atoms. The number of ether oxygens (including phenoxy) is 1. The molecule has 2 N–H and O–H groups in total. The molecule has 0 aliphatic carbocycles. The number of carbonyl (C=O) groups excluding carboxylic acids is 2. The minimum Gasteiger partial charge on any atom is -0.478 e. The summed E-state index contributed by atoms with van der Waals surface area (Å²) >= 11 is 0. The Hall–Kier alpha value is -2.99. The Balaban J connectivity index is 2.13. The average molecular weight is 342 g/mol. The lowest BCUT2D eigenvalue weighted by molar-refractivity contribution is 0.0462. The van der Waals surface area contributed by atoms with E-state index in [4.69, 9.17) is 9.84 Å². The van der Waals surface area contributed by atoms with Gasteiger partial charge < -0.3 is 14.9 Å². The second-order valence-corrected chi connectivity index (χ2v) is 6.02. The standard InChI is InChI=1S/C19H18O6/c1-19(2,24)16(20)13-7-5-6-12(10-13)11-25-18(23)15-9-4-3-8-14(15)17(21)22/h3-10,24H,11H2,1-2H3,(H,21,22). The van der Waals surface area contributed by atoms with Crippen LogP contribution in [0, 0.1) is 0 Å². The van der Waals surface area contributed by atoms with E-state index >= 15 is 0 Å². The third-order valence-electron chi connectivity index (χ3n) is 3.49. The van der Waals surface area contributed by atoms with Crippen molar-refractivity contribution in [2.45, 2.75) is 26.1 Å². The topological polar surface area (TPSA) is 101 Å². The number of hydrogen-bond donors (Lipinski definition) is 2. The van der Waals surface area contributed by atoms with Gasteiger partial charge in [0.2, 0.25) is 0 Å². The van der Waals surface area contributed by atoms with Crippen molar-refractivity contribution in [3.8, 4) is 0 Å². The van der Waals surface area contributed by atoms with Crippen LogP contribution in [0.3, 0.4) is 0 Å². The zero-order valence-electron chi connectivity index (χ0n) is 13.9. The molecule has 25 heavy (non-hydrogen) atoms. The molecule has 2 aromatic rings. The van der Waals surface area contributed by atoms with Crippen LogP contribution in [0.1, 0.15) is 50.5 Å². The quantitative estimate of drug-likeness (QED) is 0.618. The number of carboxylic acids is 1. The van der Waals surface area contributed by atoms with Crippen LogP contribution in [0.5, 0.6) is 0 Å². The van der Waals surface area contributed by atoms with Crippen molar-refractivity contribution in [2.75, 3.05) is 0 Å². The summed E-state index contributed by atoms with van der Waals surface area (Å²) < 4.78 is 5.15. The fourth-order valence-electron chi connectivity index (χ4n) is 2.23. The summed E-state index contributed by atoms with van der Waals surface area (Å²) in [5, 5.41) is 18.9. The minimum atomic E-state index is -1.50. The van der Waals surface area contributed by atoms with Crippen molar-refractivity contribution in [3.63, 3.8) is 0 Å². The first-order valence-electron chi connectivity index (χ1n) is 7.55. The van der Waals surface area contributed by atoms with E-state index in [1.807, 2.05) is 0 Å². The van der Waals surface area contributed by atoms with E-state index in [9.17, 15) is 19.5 Å². The summed E-state index contributed by atoms with van der Waals surface area (Å²) in [4.78, 5) is 35.3. The highest BCUT2D eigenvalue weighted by Gasteiger charge is 2.25. The van der Waals surface area contributed by atoms with E-state index < -0.39 is 23.3 Å². The van der Waals surface area contributed by atoms with E-state index in [2.05, 4.69) is 0 Å². The molecule has 0 unspecified atom stereocenters. The monoisotopic (exact) mass is 342 g/mol. The first kappa shape index (κ1) is 18.4. The first-order valence-corrected chi connectivity index (χ1v) is 7.55. The van der Waals surface area contributed by atoms with Gasteiger partial charge >= 0.3 is 11.9 Å². The number of esters is 1. The van der Waals surface area contributed by atoms with Gasteiger partial charge in [-0.1, -0.05) is 30.3 Å². The van der Waals surface area contributed by atoms with E-state index in [1.165, 1.54) is 38.1 Å². The minimum absolute atomic E-state index is 0.0428. The van der Waals surface area contributed by atoms with Gasteiger partial charge in [-0.15, -0.1) is 0 Å². The Morgan fingerprint density at radius 1 is 1.00 bits per heavy atom. The number of Topliss-reactive ketones (excluding diaryl/α,β-unsaturated/α-hetero) is 1. The SMILES string of the molecule is CC(C)(O)C(=O)c1cccc(COC(=O)c2ccccc2C(=O)O)c1. The molecule has 0 radical (unpaired) electrons. The highest BCUT2D eigenvalue weighted by Crippen LogP contribution is 2.16. The molecule has 0 heterocycles. The summed E-state index contributed by atoms with van der Waals surface area (Å²) in [6.45, 7) is 2.66. The maximum absolute atomic E-state index is 12.1. The normalized spacial score (nSPS) is 11.0. The molecule has 130 valence electrons. The Morgan fingerprint density at radius 3 is 2.24 bits per heavy atom. The summed E-state index contributed by atoms with van der Waals surface area (Å²) in [5.74, 6) is -2.43. The maximum Gasteiger partial charge on any atom is 0.339 e. The average Bonchev–Trinajstić information content (AvgIpc) is 2.58. The zero-order valence-corrected chi connectivity index (χ0v) is 13.9. The largest absolute Gasteiger partial charge is 0.478 e. The molecular weight excluding hydrogens is 324 g/mol. The van der Waals surface area contributed by atoms with Gasteiger partial charge in [0.1, 0.15) is 12.2 Å². The van der Waals surface area contributed by atoms with Crippen LogP contribution in [-0.2, 0) is 11.3 Å². The highest BCUT2D eigenvalue weighted by molar-refractivity contribution is 6.03. The molecule has 0 bridgehead atoms. The maximum atomic E-state index is 12.1. The van der Waals surface area contributed by atoms with Crippen LogP contribution in [0.15, 0.2) is 48.5 Å². The lowest BCUT2D eigenvalue weighted by Crippen LogP contribution is -2.31. The number of ketones is 1. The molecule has 0 saturated carbocycles. The number of aliphatic hydroxyl groups is 1. The number of rotatable bonds is 6. The second kappa shape index (κ2) is 7.27. The molecule has 0 fully saturated rings. The van der Waals surface area contributed by atoms with Crippen molar-refractivity contribution < 1.29 is 29.3 Å². The Morgan fingerprint density at radius 2 is 1.64 bits per heavy atom. The number of carbonyl (C=O) groups is 3. The summed E-state index contributed by atoms with van der Waals surface area (Å²) in [7, 11) is 0. The number of aromatic carboxylic acids is 1. The zero-order chi connectivity index (χ0) is 18.6. The van der Waals surface area contributed by atoms with Crippen LogP contribution < -0.4 is 0 Å². The van der Waals surface area contributed by atoms with Crippen LogP contribution in [0.4, 0.5) is 0 Å². The van der Waals surface area contributed by atoms with Gasteiger partial charge in [-0.05, 0) is 37.6 Å². The van der Waals surface area contributed by atoms with Gasteiger partial charge in [0.15, 0.2) is 5.78 Å². The van der Waals surface area contributed by atoms with Gasteiger partial charge in [0.25, 0.3) is 0 Å². The lowest BCUT2D eigenvalue weighted by Gasteiger charge is -2.16. The third kappa shape index (κ3) is 4.51. The Bertz CT molecular complexity index is 817. The summed E-state index contributed by atoms with van der Waals surface area (Å²) in [6.07, 6.45) is 0. The van der Waals surface area contributed by atoms with Gasteiger partial charge in [0.05, 0.1) is 11.1 Å². The van der Waals surface area contributed by atoms with Gasteiger partial charge in [0, 0.05) is 5.56 Å². The molecule has 6 heteroatoms. The van der Waals surface area contributed by atoms with Crippen LogP contribution in [-0.4, -0.2) is 33.5 Å². The van der Waals surface area contributed by atoms with Crippen molar-refractivity contribution in [3.05, 3.63) is 70.8 Å². The fourth-order valence-corrected chi connectivity index (χ4v) is 2.23. The number of benzene rings is 2. The summed E-state index contributed by atoms with van der Waals surface area (Å²) in [5.41, 5.74) is -0.837. The lowest BCUT2D eigenvalue weighted by atomic mass is 9.96. The predicted octanol–water partition coefficient (Wildman–Crippen LogP) is 2.70. The van der Waals surface area contributed by atoms with Crippen LogP contribution in [0.25, 0.3) is 0 Å². The van der Waals surface area contributed by atoms with Gasteiger partial charge in [-0.25, -0.2) is 9.59 Å². The molecule has 0 amide bonds. The molecule has 0 aliphatic heterocycles. The fraction of sp³-hybridized carbons (Fsp3) is 0.211. The van der Waals surface area contributed by atoms with E-state index in [0.717, 1.165) is 0 Å².